The standard InChI is InChI=1S/C26H26F2N6O5/c1-37-20-5-6-21(32-24(20)38-2)33-26-30-10-7-18(31-26)15-3-4-19(16(13-15)14-29)39-17-8-11-34(12-9-17)25(36)22(35)23(27)28/h3-7,10,13,17,22-23,35H,8-9,11-12H2,1-2H3,(H,30,31,32,33)/t22-/m1/s1. The lowest BCUT2D eigenvalue weighted by Gasteiger charge is -2.33. The Morgan fingerprint density at radius 3 is 2.54 bits per heavy atom. The van der Waals surface area contributed by atoms with Crippen LogP contribution in [0.4, 0.5) is 20.5 Å². The molecule has 1 fully saturated rings. The fraction of sp³-hybridized carbons (Fsp3) is 0.346. The second-order valence-corrected chi connectivity index (χ2v) is 8.54. The number of methoxy groups -OCH3 is 2. The minimum Gasteiger partial charge on any atom is -0.491 e. The van der Waals surface area contributed by atoms with Crippen molar-refractivity contribution in [3.05, 3.63) is 48.2 Å². The highest BCUT2D eigenvalue weighted by Crippen LogP contribution is 2.30. The Labute approximate surface area is 223 Å². The maximum Gasteiger partial charge on any atom is 0.273 e. The average Bonchev–Trinajstić information content (AvgIpc) is 2.97. The molecule has 3 aromatic rings. The number of aliphatic hydroxyl groups is 1. The highest BCUT2D eigenvalue weighted by molar-refractivity contribution is 5.81. The maximum atomic E-state index is 12.6. The number of amides is 1. The SMILES string of the molecule is COc1ccc(Nc2nccc(-c3ccc(OC4CCN(C(=O)[C@H](O)C(F)F)CC4)c(C#N)c3)n2)nc1OC. The van der Waals surface area contributed by atoms with Gasteiger partial charge in [-0.3, -0.25) is 4.79 Å². The van der Waals surface area contributed by atoms with Crippen molar-refractivity contribution in [2.24, 2.45) is 0 Å². The molecule has 1 amide bonds. The van der Waals surface area contributed by atoms with Crippen LogP contribution in [-0.4, -0.2) is 76.8 Å². The van der Waals surface area contributed by atoms with E-state index in [1.165, 1.54) is 19.1 Å². The Kier molecular flexibility index (Phi) is 8.67. The minimum atomic E-state index is -3.13. The van der Waals surface area contributed by atoms with Gasteiger partial charge >= 0.3 is 0 Å². The first-order chi connectivity index (χ1) is 18.8. The van der Waals surface area contributed by atoms with Gasteiger partial charge in [-0.25, -0.2) is 18.7 Å². The molecule has 2 aromatic heterocycles. The number of rotatable bonds is 9. The molecular weight excluding hydrogens is 514 g/mol. The molecule has 4 rings (SSSR count). The molecule has 2 N–H and O–H groups in total. The summed E-state index contributed by atoms with van der Waals surface area (Å²) in [5.41, 5.74) is 1.50. The molecule has 39 heavy (non-hydrogen) atoms. The largest absolute Gasteiger partial charge is 0.491 e. The van der Waals surface area contributed by atoms with Gasteiger partial charge in [0.1, 0.15) is 23.7 Å². The molecule has 0 bridgehead atoms. The number of piperidine rings is 1. The van der Waals surface area contributed by atoms with Crippen molar-refractivity contribution < 1.29 is 32.9 Å². The number of benzene rings is 1. The number of alkyl halides is 2. The number of hydrogen-bond acceptors (Lipinski definition) is 10. The first kappa shape index (κ1) is 27.5. The number of nitrogens with one attached hydrogen (secondary N) is 1. The van der Waals surface area contributed by atoms with Crippen LogP contribution in [0.1, 0.15) is 18.4 Å². The van der Waals surface area contributed by atoms with Gasteiger partial charge in [-0.05, 0) is 36.4 Å². The summed E-state index contributed by atoms with van der Waals surface area (Å²) >= 11 is 0. The fourth-order valence-corrected chi connectivity index (χ4v) is 4.04. The molecule has 1 aliphatic rings. The monoisotopic (exact) mass is 540 g/mol. The zero-order valence-electron chi connectivity index (χ0n) is 21.2. The van der Waals surface area contributed by atoms with Crippen molar-refractivity contribution >= 4 is 17.7 Å². The van der Waals surface area contributed by atoms with Crippen LogP contribution in [0.5, 0.6) is 17.4 Å². The fourth-order valence-electron chi connectivity index (χ4n) is 4.04. The summed E-state index contributed by atoms with van der Waals surface area (Å²) in [6, 6.07) is 12.3. The molecule has 13 heteroatoms. The molecule has 0 saturated carbocycles. The van der Waals surface area contributed by atoms with Crippen LogP contribution in [-0.2, 0) is 4.79 Å². The van der Waals surface area contributed by atoms with Gasteiger partial charge in [-0.1, -0.05) is 0 Å². The number of likely N-dealkylation sites (tertiary alicyclic amines) is 1. The molecule has 0 radical (unpaired) electrons. The Morgan fingerprint density at radius 2 is 1.87 bits per heavy atom. The number of carbonyl (C=O) groups is 1. The molecule has 1 aliphatic heterocycles. The van der Waals surface area contributed by atoms with Gasteiger partial charge in [0.15, 0.2) is 11.9 Å². The van der Waals surface area contributed by atoms with Crippen molar-refractivity contribution in [3.63, 3.8) is 0 Å². The topological polar surface area (TPSA) is 143 Å². The second kappa shape index (κ2) is 12.3. The number of anilines is 2. The number of carbonyl (C=O) groups excluding carboxylic acids is 1. The van der Waals surface area contributed by atoms with Crippen LogP contribution < -0.4 is 19.5 Å². The third-order valence-electron chi connectivity index (χ3n) is 6.07. The number of pyridine rings is 1. The van der Waals surface area contributed by atoms with E-state index in [0.717, 1.165) is 0 Å². The van der Waals surface area contributed by atoms with E-state index < -0.39 is 18.4 Å². The average molecular weight is 541 g/mol. The number of ether oxygens (including phenoxy) is 3. The van der Waals surface area contributed by atoms with E-state index >= 15 is 0 Å². The summed E-state index contributed by atoms with van der Waals surface area (Å²) in [6.07, 6.45) is -3.46. The lowest BCUT2D eigenvalue weighted by Crippen LogP contribution is -2.47. The number of aliphatic hydroxyl groups excluding tert-OH is 1. The molecule has 11 nitrogen and oxygen atoms in total. The number of halogens is 2. The van der Waals surface area contributed by atoms with Crippen molar-refractivity contribution in [1.82, 2.24) is 19.9 Å². The van der Waals surface area contributed by atoms with Crippen molar-refractivity contribution in [2.45, 2.75) is 31.5 Å². The van der Waals surface area contributed by atoms with E-state index in [1.807, 2.05) is 0 Å². The van der Waals surface area contributed by atoms with Crippen LogP contribution in [0.25, 0.3) is 11.3 Å². The van der Waals surface area contributed by atoms with Gasteiger partial charge in [0.25, 0.3) is 18.2 Å². The molecule has 1 atom stereocenters. The third-order valence-corrected chi connectivity index (χ3v) is 6.07. The number of nitriles is 1. The van der Waals surface area contributed by atoms with Gasteiger partial charge in [0.2, 0.25) is 5.95 Å². The van der Waals surface area contributed by atoms with E-state index in [-0.39, 0.29) is 30.7 Å². The highest BCUT2D eigenvalue weighted by atomic mass is 19.3. The van der Waals surface area contributed by atoms with Gasteiger partial charge in [0.05, 0.1) is 25.5 Å². The maximum absolute atomic E-state index is 12.6. The van der Waals surface area contributed by atoms with Crippen molar-refractivity contribution in [2.75, 3.05) is 32.6 Å². The van der Waals surface area contributed by atoms with E-state index in [9.17, 15) is 23.9 Å². The van der Waals surface area contributed by atoms with Gasteiger partial charge in [-0.2, -0.15) is 10.2 Å². The molecule has 1 saturated heterocycles. The zero-order valence-corrected chi connectivity index (χ0v) is 21.2. The van der Waals surface area contributed by atoms with Gasteiger partial charge in [-0.15, -0.1) is 0 Å². The number of hydrogen-bond donors (Lipinski definition) is 2. The quantitative estimate of drug-likeness (QED) is 0.415. The predicted octanol–water partition coefficient (Wildman–Crippen LogP) is 3.17. The first-order valence-electron chi connectivity index (χ1n) is 12.0. The normalized spacial score (nSPS) is 14.4. The molecule has 0 unspecified atom stereocenters. The summed E-state index contributed by atoms with van der Waals surface area (Å²) < 4.78 is 41.7. The van der Waals surface area contributed by atoms with Crippen molar-refractivity contribution in [3.8, 4) is 34.7 Å². The molecule has 3 heterocycles. The first-order valence-corrected chi connectivity index (χ1v) is 12.0. The molecule has 1 aromatic carbocycles. The van der Waals surface area contributed by atoms with Crippen LogP contribution in [0, 0.1) is 11.3 Å². The van der Waals surface area contributed by atoms with E-state index in [2.05, 4.69) is 26.3 Å². The van der Waals surface area contributed by atoms with Crippen LogP contribution >= 0.6 is 0 Å². The minimum absolute atomic E-state index is 0.166. The Hall–Kier alpha value is -4.57. The molecule has 0 aliphatic carbocycles. The van der Waals surface area contributed by atoms with E-state index in [1.54, 1.807) is 42.6 Å². The van der Waals surface area contributed by atoms with Crippen LogP contribution in [0.3, 0.4) is 0 Å². The Morgan fingerprint density at radius 1 is 1.13 bits per heavy atom. The Balaban J connectivity index is 1.43. The number of nitrogens with zero attached hydrogens (tertiary/aromatic N) is 5. The van der Waals surface area contributed by atoms with Crippen LogP contribution in [0.2, 0.25) is 0 Å². The lowest BCUT2D eigenvalue weighted by atomic mass is 10.1. The smallest absolute Gasteiger partial charge is 0.273 e. The van der Waals surface area contributed by atoms with E-state index in [4.69, 9.17) is 14.2 Å². The zero-order chi connectivity index (χ0) is 27.9. The van der Waals surface area contributed by atoms with Gasteiger partial charge in [0, 0.05) is 37.7 Å². The molecular formula is C26H26F2N6O5. The van der Waals surface area contributed by atoms with Gasteiger partial charge < -0.3 is 29.5 Å². The third kappa shape index (κ3) is 6.47. The highest BCUT2D eigenvalue weighted by Gasteiger charge is 2.32. The molecule has 0 spiro atoms. The lowest BCUT2D eigenvalue weighted by molar-refractivity contribution is -0.150. The van der Waals surface area contributed by atoms with Crippen LogP contribution in [0.15, 0.2) is 42.6 Å². The second-order valence-electron chi connectivity index (χ2n) is 8.54. The number of aromatic nitrogens is 3. The summed E-state index contributed by atoms with van der Waals surface area (Å²) in [5, 5.41) is 22.1. The Bertz CT molecular complexity index is 1360. The predicted molar refractivity (Wildman–Crippen MR) is 135 cm³/mol. The van der Waals surface area contributed by atoms with Crippen molar-refractivity contribution in [1.29, 1.82) is 5.26 Å². The summed E-state index contributed by atoms with van der Waals surface area (Å²) in [6.45, 7) is 0.331. The summed E-state index contributed by atoms with van der Waals surface area (Å²) in [4.78, 5) is 26.2. The summed E-state index contributed by atoms with van der Waals surface area (Å²) in [5.74, 6) is 0.878. The molecule has 204 valence electrons. The van der Waals surface area contributed by atoms with E-state index in [0.29, 0.717) is 47.3 Å². The summed E-state index contributed by atoms with van der Waals surface area (Å²) in [7, 11) is 3.00.